The standard InChI is InChI=1S/C21H28N4O2S/c1-16-17(2)28-21(22-16)23-19(26)15-25(14-8-13-24(3)4)20(27)12-11-18-9-6-5-7-10-18/h5-7,9-12H,8,13-15H2,1-4H3,(H,22,23,26)/p+1/b12-11+. The zero-order valence-electron chi connectivity index (χ0n) is 17.0. The maximum Gasteiger partial charge on any atom is 0.247 e. The van der Waals surface area contributed by atoms with Gasteiger partial charge in [-0.25, -0.2) is 4.98 Å². The number of thiazole rings is 1. The van der Waals surface area contributed by atoms with Gasteiger partial charge in [0.2, 0.25) is 11.8 Å². The highest BCUT2D eigenvalue weighted by Crippen LogP contribution is 2.20. The monoisotopic (exact) mass is 401 g/mol. The molecule has 150 valence electrons. The third-order valence-corrected chi connectivity index (χ3v) is 5.23. The van der Waals surface area contributed by atoms with Crippen molar-refractivity contribution in [1.82, 2.24) is 9.88 Å². The Labute approximate surface area is 170 Å². The van der Waals surface area contributed by atoms with E-state index in [1.54, 1.807) is 11.0 Å². The molecular formula is C21H29N4O2S+. The Bertz CT molecular complexity index is 796. The molecule has 0 radical (unpaired) electrons. The molecular weight excluding hydrogens is 372 g/mol. The number of hydrogen-bond acceptors (Lipinski definition) is 4. The van der Waals surface area contributed by atoms with Crippen LogP contribution in [-0.4, -0.2) is 55.4 Å². The molecule has 0 unspecified atom stereocenters. The van der Waals surface area contributed by atoms with Gasteiger partial charge in [0, 0.05) is 23.9 Å². The summed E-state index contributed by atoms with van der Waals surface area (Å²) in [5, 5.41) is 3.38. The molecule has 1 aromatic heterocycles. The molecule has 0 bridgehead atoms. The van der Waals surface area contributed by atoms with Crippen LogP contribution < -0.4 is 10.2 Å². The average molecular weight is 402 g/mol. The van der Waals surface area contributed by atoms with Crippen molar-refractivity contribution in [2.24, 2.45) is 0 Å². The molecule has 28 heavy (non-hydrogen) atoms. The van der Waals surface area contributed by atoms with Crippen molar-refractivity contribution in [1.29, 1.82) is 0 Å². The maximum absolute atomic E-state index is 12.7. The maximum atomic E-state index is 12.7. The number of hydrogen-bond donors (Lipinski definition) is 2. The lowest BCUT2D eigenvalue weighted by atomic mass is 10.2. The number of quaternary nitrogens is 1. The third-order valence-electron chi connectivity index (χ3n) is 4.24. The van der Waals surface area contributed by atoms with Gasteiger partial charge >= 0.3 is 0 Å². The first-order valence-electron chi connectivity index (χ1n) is 9.40. The highest BCUT2D eigenvalue weighted by Gasteiger charge is 2.17. The second-order valence-corrected chi connectivity index (χ2v) is 8.23. The van der Waals surface area contributed by atoms with Crippen molar-refractivity contribution in [3.8, 4) is 0 Å². The smallest absolute Gasteiger partial charge is 0.247 e. The van der Waals surface area contributed by atoms with Crippen LogP contribution in [0.1, 0.15) is 22.6 Å². The molecule has 2 amide bonds. The number of aromatic nitrogens is 1. The second kappa shape index (κ2) is 10.7. The number of nitrogens with zero attached hydrogens (tertiary/aromatic N) is 2. The minimum atomic E-state index is -0.229. The molecule has 0 aliphatic heterocycles. The highest BCUT2D eigenvalue weighted by molar-refractivity contribution is 7.15. The number of anilines is 1. The molecule has 1 aromatic carbocycles. The van der Waals surface area contributed by atoms with Crippen LogP contribution in [0.25, 0.3) is 6.08 Å². The number of amides is 2. The molecule has 2 N–H and O–H groups in total. The summed E-state index contributed by atoms with van der Waals surface area (Å²) in [7, 11) is 4.14. The first-order chi connectivity index (χ1) is 13.3. The Hall–Kier alpha value is -2.51. The minimum absolute atomic E-state index is 0.0123. The molecule has 2 rings (SSSR count). The fourth-order valence-electron chi connectivity index (χ4n) is 2.59. The van der Waals surface area contributed by atoms with E-state index in [1.807, 2.05) is 44.2 Å². The van der Waals surface area contributed by atoms with Crippen LogP contribution in [0.2, 0.25) is 0 Å². The molecule has 2 aromatic rings. The van der Waals surface area contributed by atoms with Crippen molar-refractivity contribution in [2.75, 3.05) is 39.0 Å². The zero-order valence-corrected chi connectivity index (χ0v) is 17.8. The molecule has 0 aliphatic carbocycles. The lowest BCUT2D eigenvalue weighted by molar-refractivity contribution is -0.858. The summed E-state index contributed by atoms with van der Waals surface area (Å²) < 4.78 is 0. The third kappa shape index (κ3) is 7.25. The fraction of sp³-hybridized carbons (Fsp3) is 0.381. The molecule has 0 fully saturated rings. The normalized spacial score (nSPS) is 11.2. The van der Waals surface area contributed by atoms with Crippen molar-refractivity contribution in [3.63, 3.8) is 0 Å². The summed E-state index contributed by atoms with van der Waals surface area (Å²) in [5.74, 6) is -0.397. The molecule has 0 saturated heterocycles. The number of carbonyl (C=O) groups is 2. The zero-order chi connectivity index (χ0) is 20.5. The number of nitrogens with one attached hydrogen (secondary N) is 2. The van der Waals surface area contributed by atoms with E-state index in [9.17, 15) is 9.59 Å². The first kappa shape index (κ1) is 21.8. The van der Waals surface area contributed by atoms with Gasteiger partial charge < -0.3 is 15.1 Å². The summed E-state index contributed by atoms with van der Waals surface area (Å²) in [4.78, 5) is 33.4. The van der Waals surface area contributed by atoms with Gasteiger partial charge in [-0.3, -0.25) is 9.59 Å². The molecule has 1 heterocycles. The Morgan fingerprint density at radius 3 is 2.54 bits per heavy atom. The van der Waals surface area contributed by atoms with E-state index in [4.69, 9.17) is 0 Å². The van der Waals surface area contributed by atoms with E-state index in [1.165, 1.54) is 22.3 Å². The number of aryl methyl sites for hydroxylation is 2. The summed E-state index contributed by atoms with van der Waals surface area (Å²) >= 11 is 1.44. The van der Waals surface area contributed by atoms with Gasteiger partial charge in [-0.1, -0.05) is 30.3 Å². The van der Waals surface area contributed by atoms with Crippen LogP contribution in [-0.2, 0) is 9.59 Å². The van der Waals surface area contributed by atoms with Crippen molar-refractivity contribution < 1.29 is 14.5 Å². The Kier molecular flexibility index (Phi) is 8.35. The summed E-state index contributed by atoms with van der Waals surface area (Å²) in [6, 6.07) is 9.65. The summed E-state index contributed by atoms with van der Waals surface area (Å²) in [5.41, 5.74) is 1.86. The lowest BCUT2D eigenvalue weighted by Crippen LogP contribution is -3.05. The van der Waals surface area contributed by atoms with Crippen LogP contribution in [0, 0.1) is 13.8 Å². The first-order valence-corrected chi connectivity index (χ1v) is 10.2. The fourth-order valence-corrected chi connectivity index (χ4v) is 3.42. The second-order valence-electron chi connectivity index (χ2n) is 7.02. The number of carbonyl (C=O) groups excluding carboxylic acids is 2. The largest absolute Gasteiger partial charge is 0.340 e. The predicted octanol–water partition coefficient (Wildman–Crippen LogP) is 1.78. The SMILES string of the molecule is Cc1nc(NC(=O)CN(CCC[NH+](C)C)C(=O)/C=C/c2ccccc2)sc1C. The van der Waals surface area contributed by atoms with E-state index in [0.717, 1.165) is 29.1 Å². The highest BCUT2D eigenvalue weighted by atomic mass is 32.1. The minimum Gasteiger partial charge on any atom is -0.340 e. The van der Waals surface area contributed by atoms with Gasteiger partial charge in [-0.05, 0) is 25.5 Å². The molecule has 6 nitrogen and oxygen atoms in total. The topological polar surface area (TPSA) is 66.7 Å². The molecule has 0 spiro atoms. The number of benzene rings is 1. The van der Waals surface area contributed by atoms with E-state index in [2.05, 4.69) is 24.4 Å². The van der Waals surface area contributed by atoms with E-state index < -0.39 is 0 Å². The van der Waals surface area contributed by atoms with Crippen LogP contribution in [0.3, 0.4) is 0 Å². The van der Waals surface area contributed by atoms with Crippen molar-refractivity contribution >= 4 is 34.4 Å². The van der Waals surface area contributed by atoms with Crippen molar-refractivity contribution in [3.05, 3.63) is 52.5 Å². The van der Waals surface area contributed by atoms with E-state index in [-0.39, 0.29) is 18.4 Å². The van der Waals surface area contributed by atoms with Crippen LogP contribution >= 0.6 is 11.3 Å². The van der Waals surface area contributed by atoms with E-state index >= 15 is 0 Å². The van der Waals surface area contributed by atoms with Crippen molar-refractivity contribution in [2.45, 2.75) is 20.3 Å². The van der Waals surface area contributed by atoms with Crippen LogP contribution in [0.4, 0.5) is 5.13 Å². The lowest BCUT2D eigenvalue weighted by Gasteiger charge is -2.21. The Balaban J connectivity index is 2.01. The van der Waals surface area contributed by atoms with Gasteiger partial charge in [0.25, 0.3) is 0 Å². The van der Waals surface area contributed by atoms with E-state index in [0.29, 0.717) is 11.7 Å². The van der Waals surface area contributed by atoms with Crippen LogP contribution in [0.15, 0.2) is 36.4 Å². The Morgan fingerprint density at radius 1 is 1.21 bits per heavy atom. The van der Waals surface area contributed by atoms with Gasteiger partial charge in [0.05, 0.1) is 26.3 Å². The molecule has 0 saturated carbocycles. The summed E-state index contributed by atoms with van der Waals surface area (Å²) in [6.07, 6.45) is 4.14. The summed E-state index contributed by atoms with van der Waals surface area (Å²) in [6.45, 7) is 5.36. The number of rotatable bonds is 9. The average Bonchev–Trinajstić information content (AvgIpc) is 2.96. The van der Waals surface area contributed by atoms with Gasteiger partial charge in [0.1, 0.15) is 6.54 Å². The Morgan fingerprint density at radius 2 is 1.93 bits per heavy atom. The quantitative estimate of drug-likeness (QED) is 0.630. The molecule has 0 aliphatic rings. The molecule has 0 atom stereocenters. The molecule has 7 heteroatoms. The predicted molar refractivity (Wildman–Crippen MR) is 115 cm³/mol. The van der Waals surface area contributed by atoms with Gasteiger partial charge in [-0.2, -0.15) is 0 Å². The van der Waals surface area contributed by atoms with Gasteiger partial charge in [0.15, 0.2) is 5.13 Å². The van der Waals surface area contributed by atoms with Gasteiger partial charge in [-0.15, -0.1) is 11.3 Å². The van der Waals surface area contributed by atoms with Crippen LogP contribution in [0.5, 0.6) is 0 Å².